The van der Waals surface area contributed by atoms with E-state index in [1.165, 1.54) is 11.3 Å². The van der Waals surface area contributed by atoms with Gasteiger partial charge >= 0.3 is 0 Å². The van der Waals surface area contributed by atoms with Gasteiger partial charge in [-0.05, 0) is 49.9 Å². The van der Waals surface area contributed by atoms with Crippen LogP contribution in [0.1, 0.15) is 23.4 Å². The monoisotopic (exact) mass is 388 g/mol. The molecule has 0 aliphatic heterocycles. The molecular formula is C19H18ClN2OPS. The predicted molar refractivity (Wildman–Crippen MR) is 107 cm³/mol. The number of anilines is 1. The molecule has 1 aliphatic carbocycles. The molecule has 25 heavy (non-hydrogen) atoms. The van der Waals surface area contributed by atoms with Crippen molar-refractivity contribution in [1.29, 1.82) is 0 Å². The maximum atomic E-state index is 14.1. The number of halogens is 1. The normalized spacial score (nSPS) is 16.0. The van der Waals surface area contributed by atoms with Crippen LogP contribution in [0.15, 0.2) is 54.6 Å². The molecule has 0 unspecified atom stereocenters. The van der Waals surface area contributed by atoms with Gasteiger partial charge in [0, 0.05) is 10.2 Å². The van der Waals surface area contributed by atoms with Gasteiger partial charge in [-0.15, -0.1) is 11.3 Å². The average molecular weight is 389 g/mol. The molecule has 1 aliphatic rings. The average Bonchev–Trinajstić information content (AvgIpc) is 3.09. The van der Waals surface area contributed by atoms with Gasteiger partial charge in [0.1, 0.15) is 0 Å². The number of fused-ring (bicyclic) bond motifs is 1. The van der Waals surface area contributed by atoms with Crippen LogP contribution in [0.3, 0.4) is 0 Å². The van der Waals surface area contributed by atoms with Crippen LogP contribution in [0.25, 0.3) is 0 Å². The van der Waals surface area contributed by atoms with E-state index in [0.29, 0.717) is 15.5 Å². The van der Waals surface area contributed by atoms with Gasteiger partial charge in [-0.2, -0.15) is 0 Å². The first-order valence-corrected chi connectivity index (χ1v) is 11.2. The highest BCUT2D eigenvalue weighted by atomic mass is 35.5. The molecule has 3 aromatic rings. The van der Waals surface area contributed by atoms with Gasteiger partial charge in [-0.25, -0.2) is 4.98 Å². The molecule has 1 heterocycles. The smallest absolute Gasteiger partial charge is 0.254 e. The van der Waals surface area contributed by atoms with E-state index in [-0.39, 0.29) is 0 Å². The highest BCUT2D eigenvalue weighted by Crippen LogP contribution is 2.46. The Morgan fingerprint density at radius 3 is 2.48 bits per heavy atom. The molecule has 0 spiro atoms. The zero-order valence-electron chi connectivity index (χ0n) is 13.6. The van der Waals surface area contributed by atoms with Gasteiger partial charge < -0.3 is 5.09 Å². The Morgan fingerprint density at radius 1 is 1.00 bits per heavy atom. The summed E-state index contributed by atoms with van der Waals surface area (Å²) in [6.45, 7) is 0. The van der Waals surface area contributed by atoms with Gasteiger partial charge in [-0.3, -0.25) is 4.57 Å². The van der Waals surface area contributed by atoms with Crippen LogP contribution in [0, 0.1) is 0 Å². The van der Waals surface area contributed by atoms with Crippen LogP contribution < -0.4 is 15.1 Å². The molecule has 0 fully saturated rings. The molecule has 4 rings (SSSR count). The summed E-state index contributed by atoms with van der Waals surface area (Å²) in [5.74, 6) is 0. The van der Waals surface area contributed by atoms with E-state index in [4.69, 9.17) is 16.6 Å². The van der Waals surface area contributed by atoms with E-state index in [1.54, 1.807) is 17.4 Å². The van der Waals surface area contributed by atoms with E-state index in [0.717, 1.165) is 30.3 Å². The van der Waals surface area contributed by atoms with Crippen LogP contribution in [0.2, 0.25) is 5.02 Å². The van der Waals surface area contributed by atoms with Crippen LogP contribution in [0.4, 0.5) is 5.69 Å². The second kappa shape index (κ2) is 6.95. The van der Waals surface area contributed by atoms with E-state index < -0.39 is 7.29 Å². The van der Waals surface area contributed by atoms with E-state index >= 15 is 0 Å². The first-order valence-electron chi connectivity index (χ1n) is 8.34. The predicted octanol–water partition coefficient (Wildman–Crippen LogP) is 5.02. The van der Waals surface area contributed by atoms with Crippen molar-refractivity contribution in [2.24, 2.45) is 0 Å². The van der Waals surface area contributed by atoms with Crippen molar-refractivity contribution in [2.45, 2.75) is 25.7 Å². The molecule has 0 saturated carbocycles. The van der Waals surface area contributed by atoms with Crippen LogP contribution in [0.5, 0.6) is 0 Å². The zero-order valence-corrected chi connectivity index (χ0v) is 16.1. The lowest BCUT2D eigenvalue weighted by Gasteiger charge is -2.19. The van der Waals surface area contributed by atoms with Crippen molar-refractivity contribution >= 4 is 46.0 Å². The summed E-state index contributed by atoms with van der Waals surface area (Å²) in [6, 6.07) is 16.9. The zero-order chi connectivity index (χ0) is 17.3. The summed E-state index contributed by atoms with van der Waals surface area (Å²) in [5.41, 5.74) is 1.79. The lowest BCUT2D eigenvalue weighted by atomic mass is 10.0. The van der Waals surface area contributed by atoms with E-state index in [1.807, 2.05) is 48.5 Å². The summed E-state index contributed by atoms with van der Waals surface area (Å²) in [6.07, 6.45) is 4.35. The Labute approximate surface area is 156 Å². The SMILES string of the molecule is O=[P@@](Nc1ccccc1Cl)(c1ccccc1)c1nc2c(s1)CCCC2. The van der Waals surface area contributed by atoms with E-state index in [2.05, 4.69) is 5.09 Å². The van der Waals surface area contributed by atoms with Gasteiger partial charge in [0.05, 0.1) is 16.4 Å². The minimum absolute atomic E-state index is 0.556. The van der Waals surface area contributed by atoms with Crippen LogP contribution in [-0.2, 0) is 17.4 Å². The molecule has 1 N–H and O–H groups in total. The first kappa shape index (κ1) is 16.8. The molecular weight excluding hydrogens is 371 g/mol. The van der Waals surface area contributed by atoms with Crippen LogP contribution >= 0.6 is 30.2 Å². The quantitative estimate of drug-likeness (QED) is 0.638. The molecule has 0 amide bonds. The number of thiazole rings is 1. The molecule has 6 heteroatoms. The Bertz CT molecular complexity index is 918. The molecule has 2 aromatic carbocycles. The van der Waals surface area contributed by atoms with Crippen LogP contribution in [-0.4, -0.2) is 4.98 Å². The molecule has 128 valence electrons. The Morgan fingerprint density at radius 2 is 1.72 bits per heavy atom. The first-order chi connectivity index (χ1) is 12.2. The second-order valence-electron chi connectivity index (χ2n) is 6.11. The third-order valence-corrected chi connectivity index (χ3v) is 8.93. The Balaban J connectivity index is 1.83. The maximum absolute atomic E-state index is 14.1. The number of rotatable bonds is 4. The number of aromatic nitrogens is 1. The number of para-hydroxylation sites is 1. The van der Waals surface area contributed by atoms with Gasteiger partial charge in [-0.1, -0.05) is 41.9 Å². The summed E-state index contributed by atoms with van der Waals surface area (Å²) in [7, 11) is -3.10. The van der Waals surface area contributed by atoms with Gasteiger partial charge in [0.25, 0.3) is 7.29 Å². The van der Waals surface area contributed by atoms with Crippen molar-refractivity contribution in [1.82, 2.24) is 4.98 Å². The van der Waals surface area contributed by atoms with Crippen molar-refractivity contribution in [2.75, 3.05) is 5.09 Å². The fraction of sp³-hybridized carbons (Fsp3) is 0.211. The van der Waals surface area contributed by atoms with Crippen molar-refractivity contribution in [3.63, 3.8) is 0 Å². The molecule has 0 saturated heterocycles. The van der Waals surface area contributed by atoms with E-state index in [9.17, 15) is 4.57 Å². The molecule has 1 aromatic heterocycles. The Kier molecular flexibility index (Phi) is 4.68. The molecule has 1 atom stereocenters. The summed E-state index contributed by atoms with van der Waals surface area (Å²) >= 11 is 7.89. The van der Waals surface area contributed by atoms with Crippen molar-refractivity contribution in [3.8, 4) is 0 Å². The minimum Gasteiger partial charge on any atom is -0.326 e. The number of benzene rings is 2. The lowest BCUT2D eigenvalue weighted by Crippen LogP contribution is -2.21. The highest BCUT2D eigenvalue weighted by molar-refractivity contribution is 7.84. The number of nitrogens with zero attached hydrogens (tertiary/aromatic N) is 1. The van der Waals surface area contributed by atoms with Crippen molar-refractivity contribution < 1.29 is 4.57 Å². The Hall–Kier alpha value is -1.61. The third-order valence-electron chi connectivity index (χ3n) is 4.38. The fourth-order valence-electron chi connectivity index (χ4n) is 3.06. The standard InChI is InChI=1S/C19H18ClN2OPS/c20-15-10-4-5-11-16(15)22-24(23,14-8-2-1-3-9-14)19-21-17-12-6-7-13-18(17)25-19/h1-5,8-11H,6-7,12-13H2,(H,22,23)/t24-/m0/s1. The summed E-state index contributed by atoms with van der Waals surface area (Å²) in [5, 5.41) is 4.54. The number of hydrogen-bond acceptors (Lipinski definition) is 3. The summed E-state index contributed by atoms with van der Waals surface area (Å²) in [4.78, 5) is 6.05. The third kappa shape index (κ3) is 3.27. The minimum atomic E-state index is -3.10. The summed E-state index contributed by atoms with van der Waals surface area (Å²) < 4.78 is 14.8. The highest BCUT2D eigenvalue weighted by Gasteiger charge is 2.33. The lowest BCUT2D eigenvalue weighted by molar-refractivity contribution is 0.590. The van der Waals surface area contributed by atoms with Crippen molar-refractivity contribution in [3.05, 3.63) is 70.2 Å². The number of aryl methyl sites for hydroxylation is 2. The number of hydrogen-bond donors (Lipinski definition) is 1. The topological polar surface area (TPSA) is 42.0 Å². The van der Waals surface area contributed by atoms with Gasteiger partial charge in [0.2, 0.25) is 0 Å². The fourth-order valence-corrected chi connectivity index (χ4v) is 7.32. The largest absolute Gasteiger partial charge is 0.326 e. The molecule has 3 nitrogen and oxygen atoms in total. The number of nitrogens with one attached hydrogen (secondary N) is 1. The molecule has 0 radical (unpaired) electrons. The second-order valence-corrected chi connectivity index (χ2v) is 10.3. The van der Waals surface area contributed by atoms with Gasteiger partial charge in [0.15, 0.2) is 4.75 Å². The molecule has 0 bridgehead atoms. The maximum Gasteiger partial charge on any atom is 0.254 e.